The number of amides is 1. The van der Waals surface area contributed by atoms with E-state index in [0.29, 0.717) is 22.7 Å². The van der Waals surface area contributed by atoms with Gasteiger partial charge in [-0.15, -0.1) is 0 Å². The standard InChI is InChI=1S/C23H20F2N4O2/c1-13-5-3-6-14(2)21(13)28-23-22(27-20-8-4-7-18(25)29(20)23)16-10-9-15(24)11-17(16)31-12-19(26)30/h3-11,28H,12H2,1-2H3,(H2,26,30). The molecule has 8 heteroatoms. The number of aromatic nitrogens is 2. The molecular weight excluding hydrogens is 402 g/mol. The summed E-state index contributed by atoms with van der Waals surface area (Å²) in [7, 11) is 0. The fourth-order valence-electron chi connectivity index (χ4n) is 3.45. The van der Waals surface area contributed by atoms with Crippen molar-refractivity contribution in [1.82, 2.24) is 9.38 Å². The monoisotopic (exact) mass is 422 g/mol. The van der Waals surface area contributed by atoms with Crippen molar-refractivity contribution in [2.45, 2.75) is 13.8 Å². The van der Waals surface area contributed by atoms with Gasteiger partial charge in [-0.25, -0.2) is 9.37 Å². The molecule has 0 spiro atoms. The predicted octanol–water partition coefficient (Wildman–Crippen LogP) is 4.50. The molecule has 2 heterocycles. The number of halogens is 2. The first-order chi connectivity index (χ1) is 14.8. The SMILES string of the molecule is Cc1cccc(C)c1Nc1c(-c2ccc(F)cc2OCC(N)=O)nc2cccc(F)n12. The maximum absolute atomic E-state index is 14.8. The zero-order valence-corrected chi connectivity index (χ0v) is 16.9. The summed E-state index contributed by atoms with van der Waals surface area (Å²) in [5.41, 5.74) is 8.98. The molecule has 0 saturated heterocycles. The number of hydrogen-bond acceptors (Lipinski definition) is 4. The van der Waals surface area contributed by atoms with Crippen LogP contribution in [0.2, 0.25) is 0 Å². The molecule has 2 aromatic carbocycles. The number of anilines is 2. The Kier molecular flexibility index (Phi) is 5.29. The van der Waals surface area contributed by atoms with Crippen LogP contribution < -0.4 is 15.8 Å². The molecule has 3 N–H and O–H groups in total. The van der Waals surface area contributed by atoms with Gasteiger partial charge in [0.1, 0.15) is 28.7 Å². The van der Waals surface area contributed by atoms with Crippen molar-refractivity contribution in [1.29, 1.82) is 0 Å². The first-order valence-corrected chi connectivity index (χ1v) is 9.56. The summed E-state index contributed by atoms with van der Waals surface area (Å²) in [5.74, 6) is -1.35. The van der Waals surface area contributed by atoms with E-state index in [2.05, 4.69) is 10.3 Å². The van der Waals surface area contributed by atoms with E-state index in [4.69, 9.17) is 10.5 Å². The highest BCUT2D eigenvalue weighted by atomic mass is 19.1. The lowest BCUT2D eigenvalue weighted by Gasteiger charge is -2.15. The number of benzene rings is 2. The van der Waals surface area contributed by atoms with Gasteiger partial charge in [-0.1, -0.05) is 24.3 Å². The number of aryl methyl sites for hydroxylation is 2. The predicted molar refractivity (Wildman–Crippen MR) is 114 cm³/mol. The Morgan fingerprint density at radius 1 is 1.10 bits per heavy atom. The van der Waals surface area contributed by atoms with E-state index < -0.39 is 24.3 Å². The highest BCUT2D eigenvalue weighted by molar-refractivity contribution is 5.84. The minimum Gasteiger partial charge on any atom is -0.483 e. The minimum atomic E-state index is -0.704. The second kappa shape index (κ2) is 8.06. The molecule has 0 fully saturated rings. The number of imidazole rings is 1. The van der Waals surface area contributed by atoms with Crippen LogP contribution in [0.4, 0.5) is 20.3 Å². The summed E-state index contributed by atoms with van der Waals surface area (Å²) >= 11 is 0. The van der Waals surface area contributed by atoms with Gasteiger partial charge in [-0.05, 0) is 49.2 Å². The van der Waals surface area contributed by atoms with Crippen molar-refractivity contribution < 1.29 is 18.3 Å². The quantitative estimate of drug-likeness (QED) is 0.448. The first-order valence-electron chi connectivity index (χ1n) is 9.56. The van der Waals surface area contributed by atoms with Gasteiger partial charge in [-0.3, -0.25) is 9.20 Å². The van der Waals surface area contributed by atoms with Crippen LogP contribution in [0.5, 0.6) is 5.75 Å². The second-order valence-corrected chi connectivity index (χ2v) is 7.14. The number of nitrogens with one attached hydrogen (secondary N) is 1. The van der Waals surface area contributed by atoms with E-state index in [9.17, 15) is 13.6 Å². The summed E-state index contributed by atoms with van der Waals surface area (Å²) < 4.78 is 35.5. The molecule has 158 valence electrons. The molecule has 0 aliphatic carbocycles. The summed E-state index contributed by atoms with van der Waals surface area (Å²) in [6.07, 6.45) is 0. The molecule has 0 aliphatic rings. The number of primary amides is 1. The molecule has 4 aromatic rings. The van der Waals surface area contributed by atoms with E-state index in [-0.39, 0.29) is 5.75 Å². The van der Waals surface area contributed by atoms with Crippen molar-refractivity contribution in [3.8, 4) is 17.0 Å². The molecule has 0 aliphatic heterocycles. The molecular formula is C23H20F2N4O2. The van der Waals surface area contributed by atoms with Crippen LogP contribution in [0.1, 0.15) is 11.1 Å². The normalized spacial score (nSPS) is 11.0. The third-order valence-corrected chi connectivity index (χ3v) is 4.89. The molecule has 1 amide bonds. The van der Waals surface area contributed by atoms with E-state index in [0.717, 1.165) is 22.9 Å². The van der Waals surface area contributed by atoms with Crippen LogP contribution in [-0.2, 0) is 4.79 Å². The fourth-order valence-corrected chi connectivity index (χ4v) is 3.45. The number of rotatable bonds is 6. The Hall–Kier alpha value is -3.94. The van der Waals surface area contributed by atoms with E-state index in [1.54, 1.807) is 12.1 Å². The van der Waals surface area contributed by atoms with Gasteiger partial charge in [0.2, 0.25) is 5.95 Å². The topological polar surface area (TPSA) is 81.6 Å². The van der Waals surface area contributed by atoms with Gasteiger partial charge < -0.3 is 15.8 Å². The molecule has 4 rings (SSSR count). The van der Waals surface area contributed by atoms with Crippen LogP contribution >= 0.6 is 0 Å². The number of pyridine rings is 1. The average Bonchev–Trinajstić information content (AvgIpc) is 3.09. The molecule has 0 bridgehead atoms. The molecule has 0 saturated carbocycles. The summed E-state index contributed by atoms with van der Waals surface area (Å²) in [6.45, 7) is 3.44. The highest BCUT2D eigenvalue weighted by Gasteiger charge is 2.21. The van der Waals surface area contributed by atoms with E-state index >= 15 is 0 Å². The number of carbonyl (C=O) groups is 1. The van der Waals surface area contributed by atoms with Crippen molar-refractivity contribution in [3.05, 3.63) is 77.5 Å². The summed E-state index contributed by atoms with van der Waals surface area (Å²) in [5, 5.41) is 3.30. The van der Waals surface area contributed by atoms with Crippen LogP contribution in [0.25, 0.3) is 16.9 Å². The molecule has 2 aromatic heterocycles. The maximum atomic E-state index is 14.8. The Labute approximate surface area is 177 Å². The Balaban J connectivity index is 1.95. The third kappa shape index (κ3) is 3.92. The van der Waals surface area contributed by atoms with Crippen molar-refractivity contribution >= 4 is 23.1 Å². The zero-order chi connectivity index (χ0) is 22.1. The third-order valence-electron chi connectivity index (χ3n) is 4.89. The number of nitrogens with two attached hydrogens (primary N) is 1. The molecule has 6 nitrogen and oxygen atoms in total. The Morgan fingerprint density at radius 2 is 1.81 bits per heavy atom. The lowest BCUT2D eigenvalue weighted by molar-refractivity contribution is -0.119. The fraction of sp³-hybridized carbons (Fsp3) is 0.130. The lowest BCUT2D eigenvalue weighted by atomic mass is 10.1. The van der Waals surface area contributed by atoms with Gasteiger partial charge in [-0.2, -0.15) is 4.39 Å². The van der Waals surface area contributed by atoms with Gasteiger partial charge in [0.25, 0.3) is 5.91 Å². The number of ether oxygens (including phenoxy) is 1. The first kappa shape index (κ1) is 20.3. The minimum absolute atomic E-state index is 0.0761. The van der Waals surface area contributed by atoms with Gasteiger partial charge in [0.15, 0.2) is 6.61 Å². The highest BCUT2D eigenvalue weighted by Crippen LogP contribution is 2.38. The average molecular weight is 422 g/mol. The Bertz CT molecular complexity index is 1280. The molecule has 0 atom stereocenters. The number of para-hydroxylation sites is 1. The van der Waals surface area contributed by atoms with E-state index in [1.165, 1.54) is 22.6 Å². The van der Waals surface area contributed by atoms with Crippen LogP contribution in [0.3, 0.4) is 0 Å². The largest absolute Gasteiger partial charge is 0.483 e. The zero-order valence-electron chi connectivity index (χ0n) is 16.9. The summed E-state index contributed by atoms with van der Waals surface area (Å²) in [6, 6.07) is 14.2. The molecule has 0 unspecified atom stereocenters. The van der Waals surface area contributed by atoms with Gasteiger partial charge in [0, 0.05) is 17.3 Å². The van der Waals surface area contributed by atoms with Gasteiger partial charge in [0.05, 0.1) is 0 Å². The second-order valence-electron chi connectivity index (χ2n) is 7.14. The number of carbonyl (C=O) groups excluding carboxylic acids is 1. The van der Waals surface area contributed by atoms with Gasteiger partial charge >= 0.3 is 0 Å². The maximum Gasteiger partial charge on any atom is 0.255 e. The molecule has 0 radical (unpaired) electrons. The number of nitrogens with zero attached hydrogens (tertiary/aromatic N) is 2. The van der Waals surface area contributed by atoms with E-state index in [1.807, 2.05) is 32.0 Å². The smallest absolute Gasteiger partial charge is 0.255 e. The van der Waals surface area contributed by atoms with Crippen LogP contribution in [0, 0.1) is 25.6 Å². The number of hydrogen-bond donors (Lipinski definition) is 2. The van der Waals surface area contributed by atoms with Crippen LogP contribution in [-0.4, -0.2) is 21.9 Å². The lowest BCUT2D eigenvalue weighted by Crippen LogP contribution is -2.20. The summed E-state index contributed by atoms with van der Waals surface area (Å²) in [4.78, 5) is 15.8. The van der Waals surface area contributed by atoms with Crippen molar-refractivity contribution in [3.63, 3.8) is 0 Å². The van der Waals surface area contributed by atoms with Crippen LogP contribution in [0.15, 0.2) is 54.6 Å². The van der Waals surface area contributed by atoms with Crippen molar-refractivity contribution in [2.24, 2.45) is 5.73 Å². The van der Waals surface area contributed by atoms with Crippen molar-refractivity contribution in [2.75, 3.05) is 11.9 Å². The Morgan fingerprint density at radius 3 is 2.52 bits per heavy atom. The number of fused-ring (bicyclic) bond motifs is 1. The molecule has 31 heavy (non-hydrogen) atoms.